The van der Waals surface area contributed by atoms with Gasteiger partial charge in [-0.15, -0.1) is 11.3 Å². The number of esters is 1. The van der Waals surface area contributed by atoms with E-state index < -0.39 is 46.0 Å². The molecule has 1 aromatic carbocycles. The molecular formula is C51H66N9O7SSi. The Labute approximate surface area is 412 Å². The lowest BCUT2D eigenvalue weighted by Gasteiger charge is -2.41. The van der Waals surface area contributed by atoms with Crippen molar-refractivity contribution in [2.75, 3.05) is 46.9 Å². The van der Waals surface area contributed by atoms with Crippen molar-refractivity contribution < 1.29 is 33.4 Å². The van der Waals surface area contributed by atoms with Crippen LogP contribution in [-0.4, -0.2) is 144 Å². The number of ether oxygens (including phenoxy) is 2. The Kier molecular flexibility index (Phi) is 14.3. The number of hydrogen-bond donors (Lipinski definition) is 2. The second-order valence-electron chi connectivity index (χ2n) is 20.3. The van der Waals surface area contributed by atoms with Gasteiger partial charge in [-0.3, -0.25) is 29.2 Å². The number of fused-ring (bicyclic) bond motifs is 6. The minimum atomic E-state index is -1.43. The number of amides is 5. The number of benzene rings is 1. The van der Waals surface area contributed by atoms with Gasteiger partial charge in [-0.05, 0) is 94.2 Å². The van der Waals surface area contributed by atoms with Crippen LogP contribution in [0.25, 0.3) is 33.4 Å². The molecule has 0 unspecified atom stereocenters. The number of pyridine rings is 1. The molecule has 3 fully saturated rings. The number of carbonyl (C=O) groups excluding carboxylic acids is 5. The van der Waals surface area contributed by atoms with Gasteiger partial charge in [0.2, 0.25) is 11.8 Å². The van der Waals surface area contributed by atoms with E-state index in [1.165, 1.54) is 27.3 Å². The fraction of sp³-hybridized carbons (Fsp3) is 0.549. The van der Waals surface area contributed by atoms with Gasteiger partial charge >= 0.3 is 12.0 Å². The number of aromatic nitrogens is 3. The Morgan fingerprint density at radius 1 is 1.12 bits per heavy atom. The number of hydrazine groups is 1. The summed E-state index contributed by atoms with van der Waals surface area (Å²) in [5.74, 6) is -1.99. The summed E-state index contributed by atoms with van der Waals surface area (Å²) in [6.45, 7) is 18.2. The van der Waals surface area contributed by atoms with Gasteiger partial charge in [0.25, 0.3) is 5.91 Å². The minimum Gasteiger partial charge on any atom is -0.464 e. The summed E-state index contributed by atoms with van der Waals surface area (Å²) < 4.78 is 14.3. The molecule has 3 radical (unpaired) electrons. The van der Waals surface area contributed by atoms with Gasteiger partial charge in [0.15, 0.2) is 0 Å². The van der Waals surface area contributed by atoms with Crippen molar-refractivity contribution in [3.05, 3.63) is 70.8 Å². The van der Waals surface area contributed by atoms with E-state index >= 15 is 0 Å². The summed E-state index contributed by atoms with van der Waals surface area (Å²) in [4.78, 5) is 85.7. The average molecular weight is 977 g/mol. The first-order chi connectivity index (χ1) is 32.8. The van der Waals surface area contributed by atoms with E-state index in [1.54, 1.807) is 25.3 Å². The third-order valence-corrected chi connectivity index (χ3v) is 16.0. The summed E-state index contributed by atoms with van der Waals surface area (Å²) in [5, 5.41) is 6.64. The number of hydrogen-bond acceptors (Lipinski definition) is 11. The maximum atomic E-state index is 14.8. The number of likely N-dealkylation sites (N-methyl/N-ethyl adjacent to an activating group) is 1. The Morgan fingerprint density at radius 3 is 2.61 bits per heavy atom. The molecule has 0 saturated carbocycles. The monoisotopic (exact) mass is 976 g/mol. The summed E-state index contributed by atoms with van der Waals surface area (Å²) >= 11 is 1.40. The fourth-order valence-corrected chi connectivity index (χ4v) is 12.2. The van der Waals surface area contributed by atoms with Crippen LogP contribution < -0.4 is 10.7 Å². The number of methoxy groups -OCH3 is 1. The lowest BCUT2D eigenvalue weighted by Crippen LogP contribution is -2.67. The molecule has 1 spiro atoms. The van der Waals surface area contributed by atoms with Crippen LogP contribution in [0.1, 0.15) is 96.0 Å². The summed E-state index contributed by atoms with van der Waals surface area (Å²) in [6.07, 6.45) is 6.54. The second kappa shape index (κ2) is 19.8. The molecule has 367 valence electrons. The lowest BCUT2D eigenvalue weighted by molar-refractivity contribution is -0.158. The SMILES string of the molecule is C=CC(=O)N1CCC[C@]12CCN(C(=O)N(C)[C@H](C(=O)N[C@H]1Cc3nc(cs3)-c3ccc4c(c3)c(c(-c3cccnc3[C@H](C)OC)n4CC)CC(C)(C)COC(=O)[C@@]3([Si])CCCN(N3)C1=O)C(C)C)C2. The van der Waals surface area contributed by atoms with Crippen molar-refractivity contribution in [3.8, 4) is 22.5 Å². The van der Waals surface area contributed by atoms with E-state index in [9.17, 15) is 24.0 Å². The van der Waals surface area contributed by atoms with Crippen LogP contribution in [0.2, 0.25) is 0 Å². The molecule has 7 heterocycles. The van der Waals surface area contributed by atoms with Crippen LogP contribution in [0.5, 0.6) is 0 Å². The first-order valence-electron chi connectivity index (χ1n) is 24.2. The maximum absolute atomic E-state index is 14.8. The molecule has 0 aliphatic carbocycles. The molecule has 18 heteroatoms. The predicted molar refractivity (Wildman–Crippen MR) is 266 cm³/mol. The van der Waals surface area contributed by atoms with Gasteiger partial charge < -0.3 is 34.1 Å². The van der Waals surface area contributed by atoms with Crippen molar-refractivity contribution in [1.29, 1.82) is 0 Å². The first kappa shape index (κ1) is 50.0. The topological polar surface area (TPSA) is 172 Å². The zero-order valence-electron chi connectivity index (χ0n) is 41.2. The van der Waals surface area contributed by atoms with Crippen molar-refractivity contribution in [1.82, 2.24) is 45.0 Å². The summed E-state index contributed by atoms with van der Waals surface area (Å²) in [5.41, 5.74) is 8.69. The molecule has 6 bridgehead atoms. The van der Waals surface area contributed by atoms with Gasteiger partial charge in [-0.2, -0.15) is 0 Å². The average Bonchev–Trinajstić information content (AvgIpc) is 4.15. The Morgan fingerprint density at radius 2 is 1.88 bits per heavy atom. The van der Waals surface area contributed by atoms with E-state index in [2.05, 4.69) is 77.2 Å². The summed E-state index contributed by atoms with van der Waals surface area (Å²) in [6, 6.07) is 8.00. The highest BCUT2D eigenvalue weighted by Crippen LogP contribution is 2.43. The van der Waals surface area contributed by atoms with E-state index in [0.29, 0.717) is 56.9 Å². The normalized spacial score (nSPS) is 23.8. The Balaban J connectivity index is 1.15. The highest BCUT2D eigenvalue weighted by molar-refractivity contribution is 7.10. The zero-order chi connectivity index (χ0) is 49.6. The highest BCUT2D eigenvalue weighted by atomic mass is 32.1. The third kappa shape index (κ3) is 9.61. The minimum absolute atomic E-state index is 0.0520. The molecule has 3 saturated heterocycles. The van der Waals surface area contributed by atoms with Crippen molar-refractivity contribution in [2.24, 2.45) is 11.3 Å². The number of rotatable bonds is 9. The number of cyclic esters (lactones) is 1. The molecule has 69 heavy (non-hydrogen) atoms. The van der Waals surface area contributed by atoms with Crippen LogP contribution in [0.3, 0.4) is 0 Å². The van der Waals surface area contributed by atoms with Crippen molar-refractivity contribution >= 4 is 62.2 Å². The second-order valence-corrected chi connectivity index (χ2v) is 22.1. The summed E-state index contributed by atoms with van der Waals surface area (Å²) in [7, 11) is 7.03. The van der Waals surface area contributed by atoms with Crippen LogP contribution >= 0.6 is 11.3 Å². The smallest absolute Gasteiger partial charge is 0.323 e. The Hall–Kier alpha value is -5.43. The molecule has 4 aliphatic rings. The van der Waals surface area contributed by atoms with E-state index in [0.717, 1.165) is 57.5 Å². The highest BCUT2D eigenvalue weighted by Gasteiger charge is 2.50. The van der Waals surface area contributed by atoms with E-state index in [1.807, 2.05) is 37.1 Å². The van der Waals surface area contributed by atoms with Gasteiger partial charge in [0, 0.05) is 92.3 Å². The zero-order valence-corrected chi connectivity index (χ0v) is 43.0. The largest absolute Gasteiger partial charge is 0.464 e. The molecule has 5 atom stereocenters. The molecule has 5 amide bonds. The number of aryl methyl sites for hydroxylation is 1. The third-order valence-electron chi connectivity index (χ3n) is 14.5. The van der Waals surface area contributed by atoms with E-state index in [-0.39, 0.29) is 43.5 Å². The number of nitrogens with zero attached hydrogens (tertiary/aromatic N) is 7. The van der Waals surface area contributed by atoms with Crippen molar-refractivity contribution in [2.45, 2.75) is 122 Å². The molecule has 16 nitrogen and oxygen atoms in total. The molecule has 2 N–H and O–H groups in total. The standard InChI is InChI=1S/C51H66N9O7SSi/c1-10-41(61)59-22-13-18-50(59)20-24-57(29-50)48(65)56(8)43(31(3)4)45(62)54-37-26-40-53-38(28-68-40)33-16-17-39-35(25-33)36(44(58(39)11-2)34-15-12-21-52-42(34)32(5)66-9)27-49(6,7)30-67-47(64)51(69)19-14-23-60(55-51)46(37)63/h10,12,15-17,21,25,28,31-32,37,43,55H,1,11,13-14,18-20,22-24,26-27,29-30H2,2-9H3,(H,54,62)/t32-,37-,43-,50+,51-/m0/s1. The number of urea groups is 1. The van der Waals surface area contributed by atoms with Crippen LogP contribution in [0.4, 0.5) is 4.79 Å². The number of likely N-dealkylation sites (tertiary alicyclic amines) is 2. The van der Waals surface area contributed by atoms with Crippen molar-refractivity contribution in [3.63, 3.8) is 0 Å². The van der Waals surface area contributed by atoms with Gasteiger partial charge in [-0.25, -0.2) is 15.2 Å². The van der Waals surface area contributed by atoms with Gasteiger partial charge in [0.1, 0.15) is 17.2 Å². The lowest BCUT2D eigenvalue weighted by atomic mass is 9.84. The molecule has 4 aromatic rings. The first-order valence-corrected chi connectivity index (χ1v) is 25.6. The number of nitrogens with one attached hydrogen (secondary N) is 2. The Bertz CT molecular complexity index is 2650. The van der Waals surface area contributed by atoms with Crippen LogP contribution in [-0.2, 0) is 48.0 Å². The maximum Gasteiger partial charge on any atom is 0.323 e. The predicted octanol–water partition coefficient (Wildman–Crippen LogP) is 6.03. The number of carbonyl (C=O) groups is 5. The van der Waals surface area contributed by atoms with Gasteiger partial charge in [-0.1, -0.05) is 40.3 Å². The molecule has 8 rings (SSSR count). The molecule has 3 aromatic heterocycles. The quantitative estimate of drug-likeness (QED) is 0.115. The number of thiazole rings is 1. The molecular weight excluding hydrogens is 911 g/mol. The van der Waals surface area contributed by atoms with Gasteiger partial charge in [0.05, 0.1) is 50.6 Å². The fourth-order valence-electron chi connectivity index (χ4n) is 11.0. The van der Waals surface area contributed by atoms with Crippen LogP contribution in [0.15, 0.2) is 54.6 Å². The molecule has 4 aliphatic heterocycles. The van der Waals surface area contributed by atoms with Crippen LogP contribution in [0, 0.1) is 11.3 Å². The van der Waals surface area contributed by atoms with E-state index in [4.69, 9.17) is 19.4 Å².